The third kappa shape index (κ3) is 3.79. The number of likely N-dealkylation sites (tertiary alicyclic amines) is 1. The van der Waals surface area contributed by atoms with Crippen LogP contribution in [0.3, 0.4) is 0 Å². The Balaban J connectivity index is 1.43. The summed E-state index contributed by atoms with van der Waals surface area (Å²) in [6.07, 6.45) is 1.26. The molecule has 1 aromatic rings. The van der Waals surface area contributed by atoms with E-state index in [1.54, 1.807) is 0 Å². The van der Waals surface area contributed by atoms with E-state index >= 15 is 0 Å². The average molecular weight is 274 g/mol. The summed E-state index contributed by atoms with van der Waals surface area (Å²) in [6.45, 7) is 8.10. The molecule has 1 unspecified atom stereocenters. The van der Waals surface area contributed by atoms with Gasteiger partial charge in [-0.3, -0.25) is 10.3 Å². The van der Waals surface area contributed by atoms with Crippen molar-refractivity contribution in [1.82, 2.24) is 20.2 Å². The minimum Gasteiger partial charge on any atom is -0.304 e. The van der Waals surface area contributed by atoms with Gasteiger partial charge in [-0.05, 0) is 19.0 Å². The summed E-state index contributed by atoms with van der Waals surface area (Å²) >= 11 is 0. The van der Waals surface area contributed by atoms with Crippen LogP contribution in [0, 0.1) is 0 Å². The molecule has 20 heavy (non-hydrogen) atoms. The minimum atomic E-state index is 0.627. The van der Waals surface area contributed by atoms with Crippen molar-refractivity contribution in [3.63, 3.8) is 0 Å². The summed E-state index contributed by atoms with van der Waals surface area (Å²) in [5.41, 5.74) is 5.14. The van der Waals surface area contributed by atoms with Crippen molar-refractivity contribution in [3.05, 3.63) is 35.9 Å². The van der Waals surface area contributed by atoms with E-state index in [1.807, 2.05) is 0 Å². The lowest BCUT2D eigenvalue weighted by atomic mass is 10.2. The standard InChI is InChI=1S/C16H26N4/c1-18-9-11-20(12-10-18)17-16-7-8-19(14-16)13-15-5-3-2-4-6-15/h2-6,16-17H,7-14H2,1H3. The van der Waals surface area contributed by atoms with Gasteiger partial charge in [-0.15, -0.1) is 0 Å². The first-order chi connectivity index (χ1) is 9.79. The molecule has 0 radical (unpaired) electrons. The number of hydrogen-bond acceptors (Lipinski definition) is 4. The lowest BCUT2D eigenvalue weighted by molar-refractivity contribution is 0.0876. The van der Waals surface area contributed by atoms with Crippen LogP contribution in [-0.4, -0.2) is 67.2 Å². The maximum atomic E-state index is 3.72. The number of hydrogen-bond donors (Lipinski definition) is 1. The van der Waals surface area contributed by atoms with Crippen LogP contribution >= 0.6 is 0 Å². The van der Waals surface area contributed by atoms with E-state index in [4.69, 9.17) is 0 Å². The quantitative estimate of drug-likeness (QED) is 0.884. The van der Waals surface area contributed by atoms with Gasteiger partial charge in [0.05, 0.1) is 0 Å². The van der Waals surface area contributed by atoms with Crippen LogP contribution in [0.25, 0.3) is 0 Å². The zero-order valence-electron chi connectivity index (χ0n) is 12.5. The van der Waals surface area contributed by atoms with E-state index in [2.05, 4.69) is 57.6 Å². The molecule has 0 saturated carbocycles. The number of rotatable bonds is 4. The largest absolute Gasteiger partial charge is 0.304 e. The number of piperazine rings is 1. The first-order valence-corrected chi connectivity index (χ1v) is 7.75. The molecule has 2 heterocycles. The summed E-state index contributed by atoms with van der Waals surface area (Å²) in [5.74, 6) is 0. The Morgan fingerprint density at radius 2 is 1.80 bits per heavy atom. The van der Waals surface area contributed by atoms with Gasteiger partial charge in [0.1, 0.15) is 0 Å². The van der Waals surface area contributed by atoms with Crippen LogP contribution in [-0.2, 0) is 6.54 Å². The van der Waals surface area contributed by atoms with Gasteiger partial charge in [0, 0.05) is 51.9 Å². The molecule has 0 bridgehead atoms. The molecule has 110 valence electrons. The van der Waals surface area contributed by atoms with Crippen LogP contribution in [0.2, 0.25) is 0 Å². The summed E-state index contributed by atoms with van der Waals surface area (Å²) < 4.78 is 0. The third-order valence-electron chi connectivity index (χ3n) is 4.39. The summed E-state index contributed by atoms with van der Waals surface area (Å²) in [6, 6.07) is 11.4. The first kappa shape index (κ1) is 14.0. The van der Waals surface area contributed by atoms with Crippen molar-refractivity contribution >= 4 is 0 Å². The molecule has 0 spiro atoms. The zero-order chi connectivity index (χ0) is 13.8. The van der Waals surface area contributed by atoms with Gasteiger partial charge in [-0.2, -0.15) is 0 Å². The van der Waals surface area contributed by atoms with Crippen LogP contribution in [0.1, 0.15) is 12.0 Å². The smallest absolute Gasteiger partial charge is 0.0354 e. The van der Waals surface area contributed by atoms with Crippen molar-refractivity contribution in [1.29, 1.82) is 0 Å². The molecule has 1 aromatic carbocycles. The molecule has 2 fully saturated rings. The van der Waals surface area contributed by atoms with Gasteiger partial charge in [-0.25, -0.2) is 5.01 Å². The predicted molar refractivity (Wildman–Crippen MR) is 82.3 cm³/mol. The second kappa shape index (κ2) is 6.68. The highest BCUT2D eigenvalue weighted by atomic mass is 15.5. The highest BCUT2D eigenvalue weighted by Gasteiger charge is 2.25. The fourth-order valence-electron chi connectivity index (χ4n) is 3.12. The lowest BCUT2D eigenvalue weighted by Gasteiger charge is -2.34. The molecule has 0 aliphatic carbocycles. The van der Waals surface area contributed by atoms with Gasteiger partial charge >= 0.3 is 0 Å². The SMILES string of the molecule is CN1CCN(NC2CCN(Cc3ccccc3)C2)CC1. The molecule has 4 heteroatoms. The molecule has 2 saturated heterocycles. The summed E-state index contributed by atoms with van der Waals surface area (Å²) in [4.78, 5) is 4.96. The molecule has 0 aromatic heterocycles. The molecule has 1 atom stereocenters. The van der Waals surface area contributed by atoms with Crippen LogP contribution in [0.15, 0.2) is 30.3 Å². The van der Waals surface area contributed by atoms with Crippen LogP contribution < -0.4 is 5.43 Å². The Kier molecular flexibility index (Phi) is 4.68. The van der Waals surface area contributed by atoms with Gasteiger partial charge in [0.15, 0.2) is 0 Å². The highest BCUT2D eigenvalue weighted by Crippen LogP contribution is 2.14. The molecule has 3 rings (SSSR count). The number of benzene rings is 1. The minimum absolute atomic E-state index is 0.627. The Bertz CT molecular complexity index is 400. The molecule has 2 aliphatic rings. The fourth-order valence-corrected chi connectivity index (χ4v) is 3.12. The Hall–Kier alpha value is -0.940. The van der Waals surface area contributed by atoms with E-state index in [0.717, 1.165) is 19.6 Å². The maximum absolute atomic E-state index is 3.72. The van der Waals surface area contributed by atoms with Crippen molar-refractivity contribution in [2.75, 3.05) is 46.3 Å². The van der Waals surface area contributed by atoms with Crippen molar-refractivity contribution in [2.24, 2.45) is 0 Å². The van der Waals surface area contributed by atoms with E-state index in [1.165, 1.54) is 38.2 Å². The Morgan fingerprint density at radius 1 is 1.05 bits per heavy atom. The number of nitrogens with zero attached hydrogens (tertiary/aromatic N) is 3. The number of nitrogens with one attached hydrogen (secondary N) is 1. The second-order valence-electron chi connectivity index (χ2n) is 6.13. The van der Waals surface area contributed by atoms with E-state index in [9.17, 15) is 0 Å². The average Bonchev–Trinajstić information content (AvgIpc) is 2.90. The Morgan fingerprint density at radius 3 is 2.55 bits per heavy atom. The number of hydrazine groups is 1. The van der Waals surface area contributed by atoms with Crippen molar-refractivity contribution < 1.29 is 0 Å². The van der Waals surface area contributed by atoms with Gasteiger partial charge in [0.2, 0.25) is 0 Å². The number of likely N-dealkylation sites (N-methyl/N-ethyl adjacent to an activating group) is 1. The Labute approximate surface area is 122 Å². The highest BCUT2D eigenvalue weighted by molar-refractivity contribution is 5.14. The molecular weight excluding hydrogens is 248 g/mol. The van der Waals surface area contributed by atoms with E-state index < -0.39 is 0 Å². The van der Waals surface area contributed by atoms with E-state index in [0.29, 0.717) is 6.04 Å². The van der Waals surface area contributed by atoms with Gasteiger partial charge in [-0.1, -0.05) is 30.3 Å². The zero-order valence-corrected chi connectivity index (χ0v) is 12.5. The van der Waals surface area contributed by atoms with Gasteiger partial charge < -0.3 is 4.90 Å². The van der Waals surface area contributed by atoms with Crippen molar-refractivity contribution in [3.8, 4) is 0 Å². The van der Waals surface area contributed by atoms with Crippen LogP contribution in [0.5, 0.6) is 0 Å². The topological polar surface area (TPSA) is 21.8 Å². The maximum Gasteiger partial charge on any atom is 0.0354 e. The summed E-state index contributed by atoms with van der Waals surface area (Å²) in [7, 11) is 2.20. The van der Waals surface area contributed by atoms with E-state index in [-0.39, 0.29) is 0 Å². The second-order valence-corrected chi connectivity index (χ2v) is 6.13. The molecule has 2 aliphatic heterocycles. The van der Waals surface area contributed by atoms with Gasteiger partial charge in [0.25, 0.3) is 0 Å². The molecule has 4 nitrogen and oxygen atoms in total. The van der Waals surface area contributed by atoms with Crippen LogP contribution in [0.4, 0.5) is 0 Å². The summed E-state index contributed by atoms with van der Waals surface area (Å²) in [5, 5.41) is 2.41. The fraction of sp³-hybridized carbons (Fsp3) is 0.625. The molecular formula is C16H26N4. The molecule has 0 amide bonds. The first-order valence-electron chi connectivity index (χ1n) is 7.75. The molecule has 1 N–H and O–H groups in total. The lowest BCUT2D eigenvalue weighted by Crippen LogP contribution is -2.54. The van der Waals surface area contributed by atoms with Crippen molar-refractivity contribution in [2.45, 2.75) is 19.0 Å². The normalized spacial score (nSPS) is 26.1. The third-order valence-corrected chi connectivity index (χ3v) is 4.39. The monoisotopic (exact) mass is 274 g/mol. The predicted octanol–water partition coefficient (Wildman–Crippen LogP) is 1.01.